The van der Waals surface area contributed by atoms with Gasteiger partial charge >= 0.3 is 0 Å². The van der Waals surface area contributed by atoms with Gasteiger partial charge in [0, 0.05) is 32.7 Å². The summed E-state index contributed by atoms with van der Waals surface area (Å²) in [6.07, 6.45) is 0. The topological polar surface area (TPSA) is 42.0 Å². The number of carbonyl (C=O) groups is 1. The van der Waals surface area contributed by atoms with Crippen LogP contribution in [0.5, 0.6) is 11.5 Å². The zero-order valence-corrected chi connectivity index (χ0v) is 16.6. The standard InChI is InChI=1S/C22H28N2O3/c1-16-8-9-17(2)18(14-16)15-23-10-12-24(13-11-23)22(25)21-19(26-3)6-5-7-20(21)27-4/h5-9,14H,10-13,15H2,1-4H3. The van der Waals surface area contributed by atoms with Gasteiger partial charge < -0.3 is 14.4 Å². The molecule has 144 valence electrons. The third-order valence-electron chi connectivity index (χ3n) is 5.20. The van der Waals surface area contributed by atoms with Crippen LogP contribution in [-0.4, -0.2) is 56.1 Å². The molecule has 5 heteroatoms. The van der Waals surface area contributed by atoms with Crippen molar-refractivity contribution >= 4 is 5.91 Å². The van der Waals surface area contributed by atoms with Crippen LogP contribution >= 0.6 is 0 Å². The molecule has 0 bridgehead atoms. The highest BCUT2D eigenvalue weighted by Crippen LogP contribution is 2.30. The number of carbonyl (C=O) groups excluding carboxylic acids is 1. The number of rotatable bonds is 5. The molecule has 1 fully saturated rings. The van der Waals surface area contributed by atoms with Gasteiger partial charge in [-0.1, -0.05) is 29.8 Å². The lowest BCUT2D eigenvalue weighted by molar-refractivity contribution is 0.0621. The smallest absolute Gasteiger partial charge is 0.261 e. The summed E-state index contributed by atoms with van der Waals surface area (Å²) in [6, 6.07) is 12.0. The average molecular weight is 368 g/mol. The Balaban J connectivity index is 1.67. The first kappa shape index (κ1) is 19.2. The molecule has 1 saturated heterocycles. The van der Waals surface area contributed by atoms with Crippen LogP contribution in [0, 0.1) is 13.8 Å². The Hall–Kier alpha value is -2.53. The van der Waals surface area contributed by atoms with Gasteiger partial charge in [-0.15, -0.1) is 0 Å². The Kier molecular flexibility index (Phi) is 6.01. The van der Waals surface area contributed by atoms with Crippen molar-refractivity contribution in [2.24, 2.45) is 0 Å². The summed E-state index contributed by atoms with van der Waals surface area (Å²) < 4.78 is 10.8. The maximum absolute atomic E-state index is 13.1. The molecule has 1 aliphatic heterocycles. The lowest BCUT2D eigenvalue weighted by Crippen LogP contribution is -2.48. The molecule has 27 heavy (non-hydrogen) atoms. The number of aryl methyl sites for hydroxylation is 2. The molecule has 1 heterocycles. The zero-order valence-electron chi connectivity index (χ0n) is 16.6. The van der Waals surface area contributed by atoms with Gasteiger partial charge in [0.1, 0.15) is 17.1 Å². The fourth-order valence-electron chi connectivity index (χ4n) is 3.54. The van der Waals surface area contributed by atoms with E-state index in [4.69, 9.17) is 9.47 Å². The molecule has 0 atom stereocenters. The normalized spacial score (nSPS) is 14.9. The van der Waals surface area contributed by atoms with Gasteiger partial charge in [0.2, 0.25) is 0 Å². The molecule has 0 saturated carbocycles. The third-order valence-corrected chi connectivity index (χ3v) is 5.20. The molecule has 2 aromatic rings. The maximum Gasteiger partial charge on any atom is 0.261 e. The second kappa shape index (κ2) is 8.44. The minimum atomic E-state index is -0.0318. The average Bonchev–Trinajstić information content (AvgIpc) is 2.70. The fraction of sp³-hybridized carbons (Fsp3) is 0.409. The summed E-state index contributed by atoms with van der Waals surface area (Å²) in [4.78, 5) is 17.4. The lowest BCUT2D eigenvalue weighted by Gasteiger charge is -2.35. The molecule has 0 unspecified atom stereocenters. The van der Waals surface area contributed by atoms with E-state index in [0.29, 0.717) is 30.2 Å². The van der Waals surface area contributed by atoms with Crippen molar-refractivity contribution in [1.82, 2.24) is 9.80 Å². The van der Waals surface area contributed by atoms with Crippen LogP contribution in [0.2, 0.25) is 0 Å². The summed E-state index contributed by atoms with van der Waals surface area (Å²) in [5, 5.41) is 0. The highest BCUT2D eigenvalue weighted by atomic mass is 16.5. The van der Waals surface area contributed by atoms with E-state index in [9.17, 15) is 4.79 Å². The number of benzene rings is 2. The first-order chi connectivity index (χ1) is 13.0. The second-order valence-corrected chi connectivity index (χ2v) is 7.04. The quantitative estimate of drug-likeness (QED) is 0.812. The second-order valence-electron chi connectivity index (χ2n) is 7.04. The highest BCUT2D eigenvalue weighted by molar-refractivity contribution is 5.99. The van der Waals surface area contributed by atoms with Crippen LogP contribution < -0.4 is 9.47 Å². The van der Waals surface area contributed by atoms with Gasteiger partial charge in [0.15, 0.2) is 0 Å². The molecule has 0 aromatic heterocycles. The fourth-order valence-corrected chi connectivity index (χ4v) is 3.54. The molecule has 1 aliphatic rings. The van der Waals surface area contributed by atoms with Crippen LogP contribution in [0.25, 0.3) is 0 Å². The summed E-state index contributed by atoms with van der Waals surface area (Å²) in [7, 11) is 3.15. The molecule has 1 amide bonds. The number of hydrogen-bond donors (Lipinski definition) is 0. The van der Waals surface area contributed by atoms with Crippen molar-refractivity contribution < 1.29 is 14.3 Å². The molecule has 3 rings (SSSR count). The van der Waals surface area contributed by atoms with E-state index in [0.717, 1.165) is 19.6 Å². The van der Waals surface area contributed by atoms with Crippen LogP contribution in [0.3, 0.4) is 0 Å². The Bertz CT molecular complexity index is 789. The molecule has 0 N–H and O–H groups in total. The number of amides is 1. The van der Waals surface area contributed by atoms with Crippen LogP contribution in [0.1, 0.15) is 27.0 Å². The van der Waals surface area contributed by atoms with Gasteiger partial charge in [-0.05, 0) is 37.1 Å². The monoisotopic (exact) mass is 368 g/mol. The predicted molar refractivity (Wildman–Crippen MR) is 107 cm³/mol. The number of hydrogen-bond acceptors (Lipinski definition) is 4. The molecular weight excluding hydrogens is 340 g/mol. The Morgan fingerprint density at radius 1 is 0.963 bits per heavy atom. The van der Waals surface area contributed by atoms with E-state index in [1.54, 1.807) is 26.4 Å². The van der Waals surface area contributed by atoms with E-state index >= 15 is 0 Å². The van der Waals surface area contributed by atoms with Crippen molar-refractivity contribution in [2.45, 2.75) is 20.4 Å². The van der Waals surface area contributed by atoms with Crippen LogP contribution in [-0.2, 0) is 6.54 Å². The third kappa shape index (κ3) is 4.25. The van der Waals surface area contributed by atoms with Crippen molar-refractivity contribution in [3.8, 4) is 11.5 Å². The van der Waals surface area contributed by atoms with E-state index in [1.807, 2.05) is 11.0 Å². The van der Waals surface area contributed by atoms with Gasteiger partial charge in [-0.2, -0.15) is 0 Å². The zero-order chi connectivity index (χ0) is 19.4. The largest absolute Gasteiger partial charge is 0.496 e. The maximum atomic E-state index is 13.1. The summed E-state index contributed by atoms with van der Waals surface area (Å²) in [5.41, 5.74) is 4.47. The molecular formula is C22H28N2O3. The number of ether oxygens (including phenoxy) is 2. The summed E-state index contributed by atoms with van der Waals surface area (Å²) in [5.74, 6) is 1.07. The predicted octanol–water partition coefficient (Wildman–Crippen LogP) is 3.28. The van der Waals surface area contributed by atoms with E-state index < -0.39 is 0 Å². The minimum Gasteiger partial charge on any atom is -0.496 e. The SMILES string of the molecule is COc1cccc(OC)c1C(=O)N1CCN(Cc2cc(C)ccc2C)CC1. The van der Waals surface area contributed by atoms with Gasteiger partial charge in [-0.3, -0.25) is 9.69 Å². The molecule has 5 nitrogen and oxygen atoms in total. The van der Waals surface area contributed by atoms with Gasteiger partial charge in [0.25, 0.3) is 5.91 Å². The molecule has 0 aliphatic carbocycles. The van der Waals surface area contributed by atoms with Crippen molar-refractivity contribution in [2.75, 3.05) is 40.4 Å². The van der Waals surface area contributed by atoms with Crippen molar-refractivity contribution in [1.29, 1.82) is 0 Å². The number of methoxy groups -OCH3 is 2. The van der Waals surface area contributed by atoms with Gasteiger partial charge in [-0.25, -0.2) is 0 Å². The number of nitrogens with zero attached hydrogens (tertiary/aromatic N) is 2. The first-order valence-corrected chi connectivity index (χ1v) is 9.32. The Morgan fingerprint density at radius 2 is 1.59 bits per heavy atom. The minimum absolute atomic E-state index is 0.0318. The van der Waals surface area contributed by atoms with Crippen LogP contribution in [0.15, 0.2) is 36.4 Å². The highest BCUT2D eigenvalue weighted by Gasteiger charge is 2.27. The number of piperazine rings is 1. The molecule has 0 radical (unpaired) electrons. The molecule has 0 spiro atoms. The first-order valence-electron chi connectivity index (χ1n) is 9.32. The Morgan fingerprint density at radius 3 is 2.19 bits per heavy atom. The lowest BCUT2D eigenvalue weighted by atomic mass is 10.0. The summed E-state index contributed by atoms with van der Waals surface area (Å²) >= 11 is 0. The van der Waals surface area contributed by atoms with Crippen molar-refractivity contribution in [3.05, 3.63) is 58.7 Å². The van der Waals surface area contributed by atoms with E-state index in [-0.39, 0.29) is 5.91 Å². The molecule has 2 aromatic carbocycles. The van der Waals surface area contributed by atoms with E-state index in [1.165, 1.54) is 16.7 Å². The van der Waals surface area contributed by atoms with Crippen LogP contribution in [0.4, 0.5) is 0 Å². The summed E-state index contributed by atoms with van der Waals surface area (Å²) in [6.45, 7) is 8.32. The Labute approximate surface area is 161 Å². The van der Waals surface area contributed by atoms with Gasteiger partial charge in [0.05, 0.1) is 14.2 Å². The van der Waals surface area contributed by atoms with E-state index in [2.05, 4.69) is 36.9 Å². The van der Waals surface area contributed by atoms with Crippen molar-refractivity contribution in [3.63, 3.8) is 0 Å².